The smallest absolute Gasteiger partial charge is 0.416 e. The van der Waals surface area contributed by atoms with E-state index in [1.165, 1.54) is 12.1 Å². The van der Waals surface area contributed by atoms with Crippen LogP contribution in [0.5, 0.6) is 0 Å². The molecule has 2 rings (SSSR count). The molecule has 1 fully saturated rings. The lowest BCUT2D eigenvalue weighted by Gasteiger charge is -2.23. The van der Waals surface area contributed by atoms with Crippen molar-refractivity contribution in [1.82, 2.24) is 9.21 Å². The van der Waals surface area contributed by atoms with Crippen molar-refractivity contribution in [2.24, 2.45) is 0 Å². The summed E-state index contributed by atoms with van der Waals surface area (Å²) in [5.41, 5.74) is -1.09. The van der Waals surface area contributed by atoms with Crippen molar-refractivity contribution in [3.8, 4) is 0 Å². The van der Waals surface area contributed by atoms with Crippen LogP contribution < -0.4 is 0 Å². The first kappa shape index (κ1) is 18.1. The molecule has 1 atom stereocenters. The van der Waals surface area contributed by atoms with Crippen LogP contribution in [0.4, 0.5) is 13.2 Å². The van der Waals surface area contributed by atoms with Crippen molar-refractivity contribution in [3.63, 3.8) is 0 Å². The summed E-state index contributed by atoms with van der Waals surface area (Å²) in [7, 11) is 1.97. The first-order chi connectivity index (χ1) is 10.7. The van der Waals surface area contributed by atoms with Gasteiger partial charge in [0.2, 0.25) is 0 Å². The van der Waals surface area contributed by atoms with Crippen molar-refractivity contribution >= 4 is 17.9 Å². The fraction of sp³-hybridized carbons (Fsp3) is 0.533. The van der Waals surface area contributed by atoms with Crippen molar-refractivity contribution in [3.05, 3.63) is 34.9 Å². The molecule has 1 aromatic rings. The number of benzene rings is 1. The monoisotopic (exact) mass is 348 g/mol. The minimum Gasteiger partial charge on any atom is -0.478 e. The maximum absolute atomic E-state index is 13.2. The maximum atomic E-state index is 13.2. The molecule has 1 aliphatic rings. The summed E-state index contributed by atoms with van der Waals surface area (Å²) in [6.07, 6.45) is -1.68. The van der Waals surface area contributed by atoms with Gasteiger partial charge >= 0.3 is 12.1 Å². The molecular formula is C15H19F3N2O2S. The molecule has 0 unspecified atom stereocenters. The summed E-state index contributed by atoms with van der Waals surface area (Å²) < 4.78 is 41.7. The number of nitrogens with zero attached hydrogens (tertiary/aromatic N) is 2. The van der Waals surface area contributed by atoms with Gasteiger partial charge in [0, 0.05) is 25.7 Å². The molecule has 8 heteroatoms. The number of carboxylic acid groups (broad SMARTS) is 1. The minimum absolute atomic E-state index is 0.120. The molecule has 0 bridgehead atoms. The highest BCUT2D eigenvalue weighted by molar-refractivity contribution is 7.96. The Balaban J connectivity index is 2.18. The van der Waals surface area contributed by atoms with Gasteiger partial charge in [0.1, 0.15) is 0 Å². The molecule has 0 radical (unpaired) electrons. The van der Waals surface area contributed by atoms with Gasteiger partial charge in [0.15, 0.2) is 0 Å². The van der Waals surface area contributed by atoms with E-state index in [1.807, 2.05) is 18.2 Å². The Morgan fingerprint density at radius 1 is 1.48 bits per heavy atom. The molecule has 0 aliphatic carbocycles. The Kier molecular flexibility index (Phi) is 5.59. The number of halogens is 3. The molecule has 1 heterocycles. The van der Waals surface area contributed by atoms with E-state index in [0.717, 1.165) is 19.0 Å². The van der Waals surface area contributed by atoms with Gasteiger partial charge in [-0.05, 0) is 37.4 Å². The second-order valence-corrected chi connectivity index (χ2v) is 6.52. The maximum Gasteiger partial charge on any atom is 0.416 e. The second kappa shape index (κ2) is 7.11. The highest BCUT2D eigenvalue weighted by Crippen LogP contribution is 2.34. The number of alkyl halides is 3. The SMILES string of the molecule is CSN(C)[C@@H]1CCN(Cc2ccc(C(=O)O)cc2C(F)(F)F)C1. The number of aromatic carboxylic acids is 1. The number of carboxylic acids is 1. The Hall–Kier alpha value is -1.25. The summed E-state index contributed by atoms with van der Waals surface area (Å²) in [6.45, 7) is 1.61. The van der Waals surface area contributed by atoms with Gasteiger partial charge in [0.05, 0.1) is 11.1 Å². The zero-order valence-corrected chi connectivity index (χ0v) is 13.7. The van der Waals surface area contributed by atoms with Crippen LogP contribution in [0.25, 0.3) is 0 Å². The number of likely N-dealkylation sites (tertiary alicyclic amines) is 1. The van der Waals surface area contributed by atoms with Crippen LogP contribution >= 0.6 is 11.9 Å². The van der Waals surface area contributed by atoms with Crippen LogP contribution in [-0.2, 0) is 12.7 Å². The molecular weight excluding hydrogens is 329 g/mol. The largest absolute Gasteiger partial charge is 0.478 e. The molecule has 1 aliphatic heterocycles. The molecule has 4 nitrogen and oxygen atoms in total. The summed E-state index contributed by atoms with van der Waals surface area (Å²) in [6, 6.07) is 3.55. The van der Waals surface area contributed by atoms with Gasteiger partial charge in [-0.3, -0.25) is 4.90 Å². The zero-order valence-electron chi connectivity index (χ0n) is 12.9. The molecule has 0 amide bonds. The fourth-order valence-electron chi connectivity index (χ4n) is 2.75. The molecule has 0 saturated carbocycles. The van der Waals surface area contributed by atoms with Crippen LogP contribution in [0, 0.1) is 0 Å². The van der Waals surface area contributed by atoms with Crippen molar-refractivity contribution < 1.29 is 23.1 Å². The van der Waals surface area contributed by atoms with E-state index < -0.39 is 17.7 Å². The van der Waals surface area contributed by atoms with E-state index >= 15 is 0 Å². The quantitative estimate of drug-likeness (QED) is 0.828. The molecule has 0 spiro atoms. The average molecular weight is 348 g/mol. The third-order valence-electron chi connectivity index (χ3n) is 4.11. The number of rotatable bonds is 5. The Morgan fingerprint density at radius 2 is 2.17 bits per heavy atom. The van der Waals surface area contributed by atoms with E-state index in [9.17, 15) is 18.0 Å². The standard InChI is InChI=1S/C15H19F3N2O2S/c1-19(23-2)12-5-6-20(9-12)8-11-4-3-10(14(21)22)7-13(11)15(16,17)18/h3-4,7,12H,5-6,8-9H2,1-2H3,(H,21,22)/t12-/m1/s1. The van der Waals surface area contributed by atoms with Crippen molar-refractivity contribution in [2.45, 2.75) is 25.2 Å². The number of carbonyl (C=O) groups is 1. The predicted octanol–water partition coefficient (Wildman–Crippen LogP) is 3.19. The van der Waals surface area contributed by atoms with E-state index in [0.29, 0.717) is 12.6 Å². The molecule has 1 saturated heterocycles. The van der Waals surface area contributed by atoms with Crippen molar-refractivity contribution in [2.75, 3.05) is 26.4 Å². The first-order valence-electron chi connectivity index (χ1n) is 7.15. The predicted molar refractivity (Wildman–Crippen MR) is 83.4 cm³/mol. The lowest BCUT2D eigenvalue weighted by atomic mass is 10.0. The van der Waals surface area contributed by atoms with E-state index in [-0.39, 0.29) is 17.7 Å². The normalized spacial score (nSPS) is 19.5. The fourth-order valence-corrected chi connectivity index (χ4v) is 3.22. The lowest BCUT2D eigenvalue weighted by molar-refractivity contribution is -0.138. The highest BCUT2D eigenvalue weighted by Gasteiger charge is 2.35. The van der Waals surface area contributed by atoms with Crippen LogP contribution in [0.1, 0.15) is 27.9 Å². The molecule has 23 heavy (non-hydrogen) atoms. The van der Waals surface area contributed by atoms with Gasteiger partial charge in [-0.25, -0.2) is 9.10 Å². The summed E-state index contributed by atoms with van der Waals surface area (Å²) >= 11 is 1.60. The minimum atomic E-state index is -4.56. The van der Waals surface area contributed by atoms with Crippen LogP contribution in [-0.4, -0.2) is 52.7 Å². The van der Waals surface area contributed by atoms with E-state index in [4.69, 9.17) is 5.11 Å². The average Bonchev–Trinajstić information content (AvgIpc) is 2.94. The number of hydrogen-bond acceptors (Lipinski definition) is 4. The summed E-state index contributed by atoms with van der Waals surface area (Å²) in [5, 5.41) is 8.89. The van der Waals surface area contributed by atoms with Gasteiger partial charge in [-0.1, -0.05) is 18.0 Å². The van der Waals surface area contributed by atoms with E-state index in [2.05, 4.69) is 4.31 Å². The van der Waals surface area contributed by atoms with Crippen LogP contribution in [0.3, 0.4) is 0 Å². The van der Waals surface area contributed by atoms with Gasteiger partial charge in [-0.2, -0.15) is 13.2 Å². The third kappa shape index (κ3) is 4.39. The molecule has 128 valence electrons. The Labute approximate surface area is 137 Å². The highest BCUT2D eigenvalue weighted by atomic mass is 32.2. The molecule has 1 N–H and O–H groups in total. The number of likely N-dealkylation sites (N-methyl/N-ethyl adjacent to an activating group) is 1. The second-order valence-electron chi connectivity index (χ2n) is 5.58. The van der Waals surface area contributed by atoms with Gasteiger partial charge in [-0.15, -0.1) is 0 Å². The summed E-state index contributed by atoms with van der Waals surface area (Å²) in [5.74, 6) is -1.36. The van der Waals surface area contributed by atoms with E-state index in [1.54, 1.807) is 11.9 Å². The number of hydrogen-bond donors (Lipinski definition) is 1. The molecule has 1 aromatic carbocycles. The first-order valence-corrected chi connectivity index (χ1v) is 8.33. The van der Waals surface area contributed by atoms with Crippen LogP contribution in [0.15, 0.2) is 18.2 Å². The van der Waals surface area contributed by atoms with Crippen LogP contribution in [0.2, 0.25) is 0 Å². The van der Waals surface area contributed by atoms with Gasteiger partial charge in [0.25, 0.3) is 0 Å². The Morgan fingerprint density at radius 3 is 2.74 bits per heavy atom. The molecule has 0 aromatic heterocycles. The topological polar surface area (TPSA) is 43.8 Å². The summed E-state index contributed by atoms with van der Waals surface area (Å²) in [4.78, 5) is 12.9. The van der Waals surface area contributed by atoms with Crippen molar-refractivity contribution in [1.29, 1.82) is 0 Å². The van der Waals surface area contributed by atoms with Gasteiger partial charge < -0.3 is 5.11 Å². The third-order valence-corrected chi connectivity index (χ3v) is 4.98. The lowest BCUT2D eigenvalue weighted by Crippen LogP contribution is -2.30. The zero-order chi connectivity index (χ0) is 17.2. The Bertz CT molecular complexity index is 580.